The molecule has 1 aromatic rings. The van der Waals surface area contributed by atoms with Crippen LogP contribution in [-0.2, 0) is 4.79 Å². The first-order valence-electron chi connectivity index (χ1n) is 4.52. The molecule has 0 aromatic heterocycles. The van der Waals surface area contributed by atoms with Gasteiger partial charge in [-0.1, -0.05) is 18.5 Å². The molecule has 1 amide bonds. The summed E-state index contributed by atoms with van der Waals surface area (Å²) in [6, 6.07) is 6.94. The maximum absolute atomic E-state index is 11.0. The molecule has 82 valence electrons. The van der Waals surface area contributed by atoms with Gasteiger partial charge in [-0.2, -0.15) is 0 Å². The second kappa shape index (κ2) is 5.58. The highest BCUT2D eigenvalue weighted by Crippen LogP contribution is 2.16. The summed E-state index contributed by atoms with van der Waals surface area (Å²) in [4.78, 5) is 11.0. The van der Waals surface area contributed by atoms with Crippen molar-refractivity contribution in [2.75, 3.05) is 6.61 Å². The highest BCUT2D eigenvalue weighted by Gasteiger charge is 2.11. The minimum absolute atomic E-state index is 0.246. The van der Waals surface area contributed by atoms with Crippen LogP contribution < -0.4 is 16.0 Å². The van der Waals surface area contributed by atoms with Gasteiger partial charge < -0.3 is 4.74 Å². The third kappa shape index (κ3) is 3.77. The fourth-order valence-corrected chi connectivity index (χ4v) is 1.10. The van der Waals surface area contributed by atoms with Crippen LogP contribution in [0.2, 0.25) is 5.02 Å². The average Bonchev–Trinajstić information content (AvgIpc) is 2.26. The standard InChI is InChI=1S/C10H13ClN2O2/c1-7(10(14)13-12)6-15-9-4-2-8(11)3-5-9/h2-5,7H,6,12H2,1H3,(H,13,14). The van der Waals surface area contributed by atoms with Crippen LogP contribution in [0.1, 0.15) is 6.92 Å². The zero-order chi connectivity index (χ0) is 11.3. The third-order valence-corrected chi connectivity index (χ3v) is 2.16. The van der Waals surface area contributed by atoms with Crippen LogP contribution in [0.4, 0.5) is 0 Å². The molecular weight excluding hydrogens is 216 g/mol. The molecule has 0 bridgehead atoms. The monoisotopic (exact) mass is 228 g/mol. The Morgan fingerprint density at radius 1 is 1.53 bits per heavy atom. The molecule has 1 rings (SSSR count). The van der Waals surface area contributed by atoms with Crippen molar-refractivity contribution in [3.63, 3.8) is 0 Å². The summed E-state index contributed by atoms with van der Waals surface area (Å²) < 4.78 is 5.37. The van der Waals surface area contributed by atoms with Crippen LogP contribution in [0.25, 0.3) is 0 Å². The lowest BCUT2D eigenvalue weighted by Gasteiger charge is -2.11. The zero-order valence-corrected chi connectivity index (χ0v) is 9.12. The lowest BCUT2D eigenvalue weighted by molar-refractivity contribution is -0.125. The number of nitrogens with two attached hydrogens (primary N) is 1. The van der Waals surface area contributed by atoms with Crippen molar-refractivity contribution in [1.82, 2.24) is 5.43 Å². The average molecular weight is 229 g/mol. The Morgan fingerprint density at radius 3 is 2.67 bits per heavy atom. The number of hydrazine groups is 1. The van der Waals surface area contributed by atoms with Crippen molar-refractivity contribution in [2.45, 2.75) is 6.92 Å². The van der Waals surface area contributed by atoms with E-state index in [1.807, 2.05) is 0 Å². The van der Waals surface area contributed by atoms with Crippen LogP contribution >= 0.6 is 11.6 Å². The van der Waals surface area contributed by atoms with Gasteiger partial charge in [0.05, 0.1) is 12.5 Å². The molecule has 5 heteroatoms. The Balaban J connectivity index is 2.43. The fraction of sp³-hybridized carbons (Fsp3) is 0.300. The molecule has 0 radical (unpaired) electrons. The van der Waals surface area contributed by atoms with Crippen molar-refractivity contribution >= 4 is 17.5 Å². The Hall–Kier alpha value is -1.26. The maximum atomic E-state index is 11.0. The van der Waals surface area contributed by atoms with Crippen molar-refractivity contribution in [2.24, 2.45) is 11.8 Å². The first-order valence-corrected chi connectivity index (χ1v) is 4.90. The number of amides is 1. The number of halogens is 1. The molecule has 0 aliphatic rings. The molecule has 0 spiro atoms. The summed E-state index contributed by atoms with van der Waals surface area (Å²) in [5.41, 5.74) is 2.07. The number of rotatable bonds is 4. The lowest BCUT2D eigenvalue weighted by Crippen LogP contribution is -2.37. The van der Waals surface area contributed by atoms with E-state index in [0.717, 1.165) is 0 Å². The molecule has 0 saturated carbocycles. The van der Waals surface area contributed by atoms with Gasteiger partial charge in [-0.05, 0) is 24.3 Å². The number of benzene rings is 1. The quantitative estimate of drug-likeness (QED) is 0.465. The number of ether oxygens (including phenoxy) is 1. The Bertz CT molecular complexity index is 327. The molecule has 3 N–H and O–H groups in total. The van der Waals surface area contributed by atoms with E-state index >= 15 is 0 Å². The smallest absolute Gasteiger partial charge is 0.240 e. The largest absolute Gasteiger partial charge is 0.493 e. The van der Waals surface area contributed by atoms with E-state index in [1.54, 1.807) is 31.2 Å². The summed E-state index contributed by atoms with van der Waals surface area (Å²) in [5.74, 6) is 5.13. The van der Waals surface area contributed by atoms with E-state index in [2.05, 4.69) is 5.43 Å². The van der Waals surface area contributed by atoms with E-state index in [1.165, 1.54) is 0 Å². The van der Waals surface area contributed by atoms with Crippen LogP contribution in [0, 0.1) is 5.92 Å². The van der Waals surface area contributed by atoms with Crippen molar-refractivity contribution in [3.05, 3.63) is 29.3 Å². The summed E-state index contributed by atoms with van der Waals surface area (Å²) in [6.45, 7) is 2.02. The molecule has 0 heterocycles. The molecule has 0 aliphatic heterocycles. The van der Waals surface area contributed by atoms with E-state index in [4.69, 9.17) is 22.2 Å². The topological polar surface area (TPSA) is 64.3 Å². The minimum atomic E-state index is -0.286. The highest BCUT2D eigenvalue weighted by atomic mass is 35.5. The molecule has 0 aliphatic carbocycles. The van der Waals surface area contributed by atoms with Gasteiger partial charge in [0, 0.05) is 5.02 Å². The molecule has 1 atom stereocenters. The van der Waals surface area contributed by atoms with Crippen LogP contribution in [0.3, 0.4) is 0 Å². The van der Waals surface area contributed by atoms with Crippen LogP contribution in [0.5, 0.6) is 5.75 Å². The zero-order valence-electron chi connectivity index (χ0n) is 8.37. The maximum Gasteiger partial charge on any atom is 0.240 e. The summed E-state index contributed by atoms with van der Waals surface area (Å²) >= 11 is 5.71. The van der Waals surface area contributed by atoms with Gasteiger partial charge >= 0.3 is 0 Å². The number of carbonyl (C=O) groups is 1. The molecule has 15 heavy (non-hydrogen) atoms. The predicted octanol–water partition coefficient (Wildman–Crippen LogP) is 1.34. The van der Waals surface area contributed by atoms with Gasteiger partial charge in [-0.15, -0.1) is 0 Å². The third-order valence-electron chi connectivity index (χ3n) is 1.90. The van der Waals surface area contributed by atoms with Gasteiger partial charge in [0.25, 0.3) is 0 Å². The fourth-order valence-electron chi connectivity index (χ4n) is 0.970. The predicted molar refractivity (Wildman–Crippen MR) is 58.4 cm³/mol. The van der Waals surface area contributed by atoms with Crippen LogP contribution in [-0.4, -0.2) is 12.5 Å². The van der Waals surface area contributed by atoms with Crippen molar-refractivity contribution < 1.29 is 9.53 Å². The second-order valence-electron chi connectivity index (χ2n) is 3.17. The number of carbonyl (C=O) groups excluding carboxylic acids is 1. The van der Waals surface area contributed by atoms with E-state index in [-0.39, 0.29) is 18.4 Å². The lowest BCUT2D eigenvalue weighted by atomic mass is 10.2. The molecule has 0 fully saturated rings. The SMILES string of the molecule is CC(COc1ccc(Cl)cc1)C(=O)NN. The van der Waals surface area contributed by atoms with Gasteiger partial charge in [0.1, 0.15) is 5.75 Å². The molecule has 4 nitrogen and oxygen atoms in total. The first kappa shape index (κ1) is 11.8. The van der Waals surface area contributed by atoms with Gasteiger partial charge in [-0.3, -0.25) is 10.2 Å². The van der Waals surface area contributed by atoms with Crippen molar-refractivity contribution in [1.29, 1.82) is 0 Å². The van der Waals surface area contributed by atoms with Gasteiger partial charge in [0.2, 0.25) is 5.91 Å². The van der Waals surface area contributed by atoms with Crippen LogP contribution in [0.15, 0.2) is 24.3 Å². The van der Waals surface area contributed by atoms with E-state index in [9.17, 15) is 4.79 Å². The number of hydrogen-bond donors (Lipinski definition) is 2. The molecule has 1 unspecified atom stereocenters. The normalized spacial score (nSPS) is 11.9. The summed E-state index contributed by atoms with van der Waals surface area (Å²) in [7, 11) is 0. The summed E-state index contributed by atoms with van der Waals surface area (Å²) in [6.07, 6.45) is 0. The van der Waals surface area contributed by atoms with Crippen molar-refractivity contribution in [3.8, 4) is 5.75 Å². The van der Waals surface area contributed by atoms with Gasteiger partial charge in [-0.25, -0.2) is 5.84 Å². The number of hydrogen-bond acceptors (Lipinski definition) is 3. The number of nitrogens with one attached hydrogen (secondary N) is 1. The highest BCUT2D eigenvalue weighted by molar-refractivity contribution is 6.30. The minimum Gasteiger partial charge on any atom is -0.493 e. The van der Waals surface area contributed by atoms with Gasteiger partial charge in [0.15, 0.2) is 0 Å². The molecular formula is C10H13ClN2O2. The summed E-state index contributed by atoms with van der Waals surface area (Å²) in [5, 5.41) is 0.648. The Kier molecular flexibility index (Phi) is 4.39. The van der Waals surface area contributed by atoms with E-state index < -0.39 is 0 Å². The Morgan fingerprint density at radius 2 is 2.13 bits per heavy atom. The Labute approximate surface area is 93.3 Å². The second-order valence-corrected chi connectivity index (χ2v) is 3.61. The van der Waals surface area contributed by atoms with E-state index in [0.29, 0.717) is 10.8 Å². The molecule has 0 saturated heterocycles. The molecule has 1 aromatic carbocycles. The first-order chi connectivity index (χ1) is 7.13.